The number of rotatable bonds is 4. The minimum absolute atomic E-state index is 0.0564. The highest BCUT2D eigenvalue weighted by Crippen LogP contribution is 2.33. The number of anilines is 2. The van der Waals surface area contributed by atoms with E-state index in [-0.39, 0.29) is 11.3 Å². The Labute approximate surface area is 138 Å². The highest BCUT2D eigenvalue weighted by atomic mass is 16.6. The van der Waals surface area contributed by atoms with Crippen molar-refractivity contribution in [3.63, 3.8) is 0 Å². The summed E-state index contributed by atoms with van der Waals surface area (Å²) in [6, 6.07) is 11.5. The average Bonchev–Trinajstić information content (AvgIpc) is 2.96. The van der Waals surface area contributed by atoms with Gasteiger partial charge in [0.2, 0.25) is 0 Å². The van der Waals surface area contributed by atoms with Gasteiger partial charge in [0.05, 0.1) is 13.7 Å². The zero-order chi connectivity index (χ0) is 17.3. The molecular formula is C17H16N2O5. The molecule has 0 radical (unpaired) electrons. The third-order valence-electron chi connectivity index (χ3n) is 3.84. The van der Waals surface area contributed by atoms with E-state index in [0.29, 0.717) is 23.5 Å². The minimum atomic E-state index is -1.08. The van der Waals surface area contributed by atoms with Crippen LogP contribution in [-0.4, -0.2) is 30.8 Å². The van der Waals surface area contributed by atoms with Crippen LogP contribution in [0.2, 0.25) is 0 Å². The molecule has 7 nitrogen and oxygen atoms in total. The maximum absolute atomic E-state index is 12.1. The summed E-state index contributed by atoms with van der Waals surface area (Å²) in [7, 11) is 1.40. The van der Waals surface area contributed by atoms with E-state index in [1.165, 1.54) is 18.1 Å². The predicted octanol–water partition coefficient (Wildman–Crippen LogP) is 2.67. The molecule has 2 aromatic carbocycles. The number of carbonyl (C=O) groups is 2. The van der Waals surface area contributed by atoms with Crippen molar-refractivity contribution in [1.29, 1.82) is 0 Å². The first-order valence-corrected chi connectivity index (χ1v) is 7.24. The zero-order valence-electron chi connectivity index (χ0n) is 12.9. The molecule has 0 aromatic heterocycles. The fourth-order valence-electron chi connectivity index (χ4n) is 2.59. The fraction of sp³-hybridized carbons (Fsp3) is 0.176. The lowest BCUT2D eigenvalue weighted by Crippen LogP contribution is -2.23. The Morgan fingerprint density at radius 1 is 1.29 bits per heavy atom. The second-order valence-electron chi connectivity index (χ2n) is 5.34. The first-order valence-electron chi connectivity index (χ1n) is 7.24. The van der Waals surface area contributed by atoms with E-state index in [4.69, 9.17) is 20.3 Å². The first-order chi connectivity index (χ1) is 11.5. The van der Waals surface area contributed by atoms with Crippen LogP contribution in [0.15, 0.2) is 42.5 Å². The molecule has 1 atom stereocenters. The predicted molar refractivity (Wildman–Crippen MR) is 87.4 cm³/mol. The van der Waals surface area contributed by atoms with Gasteiger partial charge in [0.25, 0.3) is 0 Å². The second kappa shape index (κ2) is 6.11. The molecule has 1 unspecified atom stereocenters. The number of hydrogen-bond acceptors (Lipinski definition) is 5. The number of nitrogens with zero attached hydrogens (tertiary/aromatic N) is 1. The van der Waals surface area contributed by atoms with Crippen molar-refractivity contribution in [2.24, 2.45) is 0 Å². The number of ether oxygens (including phenoxy) is 2. The van der Waals surface area contributed by atoms with E-state index in [0.717, 1.165) is 0 Å². The number of benzene rings is 2. The molecular weight excluding hydrogens is 312 g/mol. The molecule has 3 rings (SSSR count). The van der Waals surface area contributed by atoms with Crippen LogP contribution < -0.4 is 15.4 Å². The first kappa shape index (κ1) is 15.7. The van der Waals surface area contributed by atoms with E-state index in [2.05, 4.69) is 0 Å². The summed E-state index contributed by atoms with van der Waals surface area (Å²) in [5.74, 6) is -0.854. The van der Waals surface area contributed by atoms with Crippen molar-refractivity contribution >= 4 is 23.4 Å². The van der Waals surface area contributed by atoms with Gasteiger partial charge in [-0.05, 0) is 42.0 Å². The van der Waals surface area contributed by atoms with Crippen molar-refractivity contribution in [3.8, 4) is 5.75 Å². The normalized spacial score (nSPS) is 16.8. The van der Waals surface area contributed by atoms with Crippen molar-refractivity contribution in [1.82, 2.24) is 0 Å². The molecule has 0 aliphatic carbocycles. The summed E-state index contributed by atoms with van der Waals surface area (Å²) < 4.78 is 10.5. The summed E-state index contributed by atoms with van der Waals surface area (Å²) in [6.45, 7) is 0.318. The van der Waals surface area contributed by atoms with Gasteiger partial charge in [-0.25, -0.2) is 9.59 Å². The summed E-state index contributed by atoms with van der Waals surface area (Å²) in [4.78, 5) is 24.8. The lowest BCUT2D eigenvalue weighted by atomic mass is 10.1. The molecule has 1 saturated heterocycles. The summed E-state index contributed by atoms with van der Waals surface area (Å²) in [5.41, 5.74) is 7.67. The van der Waals surface area contributed by atoms with Gasteiger partial charge >= 0.3 is 12.1 Å². The molecule has 0 saturated carbocycles. The van der Waals surface area contributed by atoms with Crippen molar-refractivity contribution in [2.75, 3.05) is 24.3 Å². The van der Waals surface area contributed by atoms with E-state index < -0.39 is 18.2 Å². The van der Waals surface area contributed by atoms with E-state index in [1.54, 1.807) is 36.4 Å². The Kier molecular flexibility index (Phi) is 3.99. The molecule has 1 amide bonds. The Morgan fingerprint density at radius 3 is 2.62 bits per heavy atom. The van der Waals surface area contributed by atoms with Gasteiger partial charge in [0.1, 0.15) is 17.4 Å². The summed E-state index contributed by atoms with van der Waals surface area (Å²) in [6.07, 6.45) is -0.974. The standard InChI is InChI=1S/C17H16N2O5/c1-23-14-8-10(2-7-13(14)16(20)21)15-9-19(17(22)24-15)12-5-3-11(18)4-6-12/h2-8,15H,9,18H2,1H3,(H,20,21). The Morgan fingerprint density at radius 2 is 2.00 bits per heavy atom. The van der Waals surface area contributed by atoms with Crippen LogP contribution in [0.5, 0.6) is 5.75 Å². The number of carboxylic acid groups (broad SMARTS) is 1. The molecule has 0 bridgehead atoms. The Bertz CT molecular complexity index is 788. The molecule has 24 heavy (non-hydrogen) atoms. The van der Waals surface area contributed by atoms with Crippen molar-refractivity contribution < 1.29 is 24.2 Å². The number of aromatic carboxylic acids is 1. The number of cyclic esters (lactones) is 1. The van der Waals surface area contributed by atoms with Crippen LogP contribution in [-0.2, 0) is 4.74 Å². The summed E-state index contributed by atoms with van der Waals surface area (Å²) >= 11 is 0. The van der Waals surface area contributed by atoms with Gasteiger partial charge in [-0.3, -0.25) is 4.90 Å². The molecule has 1 fully saturated rings. The Hall–Kier alpha value is -3.22. The van der Waals surface area contributed by atoms with Crippen LogP contribution in [0.4, 0.5) is 16.2 Å². The molecule has 1 aliphatic heterocycles. The zero-order valence-corrected chi connectivity index (χ0v) is 12.9. The summed E-state index contributed by atoms with van der Waals surface area (Å²) in [5, 5.41) is 9.12. The molecule has 1 aliphatic rings. The Balaban J connectivity index is 1.85. The lowest BCUT2D eigenvalue weighted by Gasteiger charge is -2.14. The van der Waals surface area contributed by atoms with Crippen molar-refractivity contribution in [2.45, 2.75) is 6.10 Å². The van der Waals surface area contributed by atoms with Crippen LogP contribution in [0.1, 0.15) is 22.0 Å². The number of carbonyl (C=O) groups excluding carboxylic acids is 1. The quantitative estimate of drug-likeness (QED) is 0.837. The van der Waals surface area contributed by atoms with Gasteiger partial charge < -0.3 is 20.3 Å². The smallest absolute Gasteiger partial charge is 0.415 e. The molecule has 1 heterocycles. The number of amides is 1. The number of carboxylic acids is 1. The molecule has 7 heteroatoms. The van der Waals surface area contributed by atoms with E-state index >= 15 is 0 Å². The number of methoxy groups -OCH3 is 1. The molecule has 3 N–H and O–H groups in total. The highest BCUT2D eigenvalue weighted by molar-refractivity contribution is 5.92. The topological polar surface area (TPSA) is 102 Å². The van der Waals surface area contributed by atoms with Gasteiger partial charge in [-0.15, -0.1) is 0 Å². The van der Waals surface area contributed by atoms with E-state index in [9.17, 15) is 9.59 Å². The fourth-order valence-corrected chi connectivity index (χ4v) is 2.59. The van der Waals surface area contributed by atoms with Crippen LogP contribution in [0, 0.1) is 0 Å². The van der Waals surface area contributed by atoms with Gasteiger partial charge in [-0.2, -0.15) is 0 Å². The lowest BCUT2D eigenvalue weighted by molar-refractivity contribution is 0.0693. The number of hydrogen-bond donors (Lipinski definition) is 2. The second-order valence-corrected chi connectivity index (χ2v) is 5.34. The van der Waals surface area contributed by atoms with E-state index in [1.807, 2.05) is 0 Å². The maximum Gasteiger partial charge on any atom is 0.415 e. The maximum atomic E-state index is 12.1. The van der Waals surface area contributed by atoms with Crippen LogP contribution in [0.3, 0.4) is 0 Å². The van der Waals surface area contributed by atoms with Gasteiger partial charge in [0, 0.05) is 11.4 Å². The van der Waals surface area contributed by atoms with Gasteiger partial charge in [0.15, 0.2) is 0 Å². The third-order valence-corrected chi connectivity index (χ3v) is 3.84. The molecule has 0 spiro atoms. The third kappa shape index (κ3) is 2.83. The molecule has 124 valence electrons. The van der Waals surface area contributed by atoms with Crippen LogP contribution in [0.25, 0.3) is 0 Å². The number of nitrogen functional groups attached to an aromatic ring is 1. The SMILES string of the molecule is COc1cc(C2CN(c3ccc(N)cc3)C(=O)O2)ccc1C(=O)O. The average molecular weight is 328 g/mol. The van der Waals surface area contributed by atoms with Gasteiger partial charge in [-0.1, -0.05) is 6.07 Å². The minimum Gasteiger partial charge on any atom is -0.496 e. The largest absolute Gasteiger partial charge is 0.496 e. The van der Waals surface area contributed by atoms with Crippen LogP contribution >= 0.6 is 0 Å². The molecule has 2 aromatic rings. The monoisotopic (exact) mass is 328 g/mol. The number of nitrogens with two attached hydrogens (primary N) is 1. The highest BCUT2D eigenvalue weighted by Gasteiger charge is 2.33. The van der Waals surface area contributed by atoms with Crippen molar-refractivity contribution in [3.05, 3.63) is 53.6 Å².